The van der Waals surface area contributed by atoms with Crippen molar-refractivity contribution in [2.24, 2.45) is 0 Å². The van der Waals surface area contributed by atoms with Gasteiger partial charge in [0.05, 0.1) is 0 Å². The van der Waals surface area contributed by atoms with Crippen molar-refractivity contribution in [3.63, 3.8) is 0 Å². The molecule has 0 unspecified atom stereocenters. The molecule has 3 nitrogen and oxygen atoms in total. The highest BCUT2D eigenvalue weighted by atomic mass is 31.2. The van der Waals surface area contributed by atoms with Gasteiger partial charge in [0.2, 0.25) is 0 Å². The van der Waals surface area contributed by atoms with Crippen LogP contribution in [0.3, 0.4) is 0 Å². The fraction of sp³-hybridized carbons (Fsp3) is 0.368. The Morgan fingerprint density at radius 1 is 0.826 bits per heavy atom. The van der Waals surface area contributed by atoms with Crippen LogP contribution in [0.2, 0.25) is 0 Å². The summed E-state index contributed by atoms with van der Waals surface area (Å²) < 4.78 is 25.0. The van der Waals surface area contributed by atoms with Gasteiger partial charge in [-0.15, -0.1) is 0 Å². The van der Waals surface area contributed by atoms with Gasteiger partial charge < -0.3 is 14.0 Å². The topological polar surface area (TPSA) is 35.5 Å². The predicted octanol–water partition coefficient (Wildman–Crippen LogP) is 3.79. The summed E-state index contributed by atoms with van der Waals surface area (Å²) in [7, 11) is -2.69. The van der Waals surface area contributed by atoms with Gasteiger partial charge in [-0.05, 0) is 13.8 Å². The number of hydrogen-bond donors (Lipinski definition) is 0. The van der Waals surface area contributed by atoms with Gasteiger partial charge in [-0.1, -0.05) is 60.7 Å². The highest BCUT2D eigenvalue weighted by Gasteiger charge is 2.28. The van der Waals surface area contributed by atoms with Crippen LogP contribution in [0.4, 0.5) is 0 Å². The first kappa shape index (κ1) is 17.9. The summed E-state index contributed by atoms with van der Waals surface area (Å²) in [5.41, 5.74) is 0. The molecule has 0 atom stereocenters. The van der Waals surface area contributed by atoms with Crippen molar-refractivity contribution in [3.8, 4) is 0 Å². The summed E-state index contributed by atoms with van der Waals surface area (Å²) in [6.45, 7) is 5.07. The predicted molar refractivity (Wildman–Crippen MR) is 96.3 cm³/mol. The first-order valence-electron chi connectivity index (χ1n) is 8.14. The minimum Gasteiger partial charge on any atom is -0.353 e. The van der Waals surface area contributed by atoms with Gasteiger partial charge in [0.15, 0.2) is 6.29 Å². The van der Waals surface area contributed by atoms with Crippen molar-refractivity contribution in [2.45, 2.75) is 26.6 Å². The monoisotopic (exact) mass is 332 g/mol. The van der Waals surface area contributed by atoms with Crippen LogP contribution in [0.5, 0.6) is 0 Å². The molecule has 0 aliphatic rings. The Labute approximate surface area is 139 Å². The number of rotatable bonds is 9. The molecule has 0 aliphatic heterocycles. The van der Waals surface area contributed by atoms with Crippen LogP contribution in [0, 0.1) is 0 Å². The Kier molecular flexibility index (Phi) is 7.04. The van der Waals surface area contributed by atoms with Crippen LogP contribution in [0.1, 0.15) is 20.3 Å². The third kappa shape index (κ3) is 4.78. The second kappa shape index (κ2) is 9.02. The molecule has 0 N–H and O–H groups in total. The summed E-state index contributed by atoms with van der Waals surface area (Å²) in [6, 6.07) is 19.4. The van der Waals surface area contributed by atoms with E-state index in [1.807, 2.05) is 74.5 Å². The largest absolute Gasteiger partial charge is 0.353 e. The van der Waals surface area contributed by atoms with E-state index in [9.17, 15) is 4.57 Å². The van der Waals surface area contributed by atoms with Crippen LogP contribution in [0.15, 0.2) is 60.7 Å². The van der Waals surface area contributed by atoms with E-state index >= 15 is 0 Å². The number of benzene rings is 2. The lowest BCUT2D eigenvalue weighted by Crippen LogP contribution is -2.24. The number of hydrogen-bond acceptors (Lipinski definition) is 3. The van der Waals surface area contributed by atoms with Crippen LogP contribution in [-0.4, -0.2) is 25.7 Å². The molecule has 0 heterocycles. The quantitative estimate of drug-likeness (QED) is 0.518. The number of ether oxygens (including phenoxy) is 2. The smallest absolute Gasteiger partial charge is 0.158 e. The molecule has 0 fully saturated rings. The van der Waals surface area contributed by atoms with Gasteiger partial charge in [-0.2, -0.15) is 0 Å². The molecule has 0 spiro atoms. The van der Waals surface area contributed by atoms with Crippen molar-refractivity contribution < 1.29 is 14.0 Å². The maximum atomic E-state index is 13.8. The van der Waals surface area contributed by atoms with E-state index in [0.717, 1.165) is 10.6 Å². The van der Waals surface area contributed by atoms with E-state index in [4.69, 9.17) is 9.47 Å². The summed E-state index contributed by atoms with van der Waals surface area (Å²) in [5.74, 6) is 0. The molecule has 2 rings (SSSR count). The standard InChI is InChI=1S/C19H25O3P/c1-3-21-19(22-4-2)15-16-23(20,17-11-7-5-8-12-17)18-13-9-6-10-14-18/h5-14,19H,3-4,15-16H2,1-2H3. The summed E-state index contributed by atoms with van der Waals surface area (Å²) in [5, 5.41) is 1.77. The van der Waals surface area contributed by atoms with Crippen LogP contribution < -0.4 is 10.6 Å². The molecular formula is C19H25O3P. The van der Waals surface area contributed by atoms with Crippen LogP contribution in [-0.2, 0) is 14.0 Å². The highest BCUT2D eigenvalue weighted by molar-refractivity contribution is 7.78. The zero-order chi connectivity index (χ0) is 16.5. The lowest BCUT2D eigenvalue weighted by molar-refractivity contribution is -0.136. The molecule has 23 heavy (non-hydrogen) atoms. The molecule has 0 saturated carbocycles. The molecule has 0 radical (unpaired) electrons. The molecule has 0 aromatic heterocycles. The Morgan fingerprint density at radius 2 is 1.26 bits per heavy atom. The average Bonchev–Trinajstić information content (AvgIpc) is 2.61. The van der Waals surface area contributed by atoms with Gasteiger partial charge in [0.1, 0.15) is 7.14 Å². The molecule has 0 saturated heterocycles. The summed E-state index contributed by atoms with van der Waals surface area (Å²) in [6.07, 6.45) is 0.847. The first-order valence-corrected chi connectivity index (χ1v) is 10.0. The first-order chi connectivity index (χ1) is 11.2. The second-order valence-corrected chi connectivity index (χ2v) is 8.22. The van der Waals surface area contributed by atoms with Gasteiger partial charge in [-0.25, -0.2) is 0 Å². The van der Waals surface area contributed by atoms with E-state index in [1.165, 1.54) is 0 Å². The van der Waals surface area contributed by atoms with E-state index < -0.39 is 7.14 Å². The minimum atomic E-state index is -2.69. The lowest BCUT2D eigenvalue weighted by atomic mass is 10.4. The molecule has 2 aromatic rings. The van der Waals surface area contributed by atoms with Gasteiger partial charge in [0, 0.05) is 36.4 Å². The lowest BCUT2D eigenvalue weighted by Gasteiger charge is -2.23. The third-order valence-corrected chi connectivity index (χ3v) is 6.88. The average molecular weight is 332 g/mol. The van der Waals surface area contributed by atoms with Crippen molar-refractivity contribution in [2.75, 3.05) is 19.4 Å². The van der Waals surface area contributed by atoms with Crippen LogP contribution >= 0.6 is 7.14 Å². The maximum absolute atomic E-state index is 13.8. The highest BCUT2D eigenvalue weighted by Crippen LogP contribution is 2.44. The summed E-state index contributed by atoms with van der Waals surface area (Å²) >= 11 is 0. The van der Waals surface area contributed by atoms with Gasteiger partial charge >= 0.3 is 0 Å². The summed E-state index contributed by atoms with van der Waals surface area (Å²) in [4.78, 5) is 0. The van der Waals surface area contributed by atoms with Crippen molar-refractivity contribution in [3.05, 3.63) is 60.7 Å². The minimum absolute atomic E-state index is 0.300. The molecular weight excluding hydrogens is 307 g/mol. The Bertz CT molecular complexity index is 564. The van der Waals surface area contributed by atoms with E-state index in [-0.39, 0.29) is 6.29 Å². The molecule has 0 amide bonds. The SMILES string of the molecule is CCOC(CCP(=O)(c1ccccc1)c1ccccc1)OCC. The van der Waals surface area contributed by atoms with E-state index in [1.54, 1.807) is 0 Å². The van der Waals surface area contributed by atoms with Crippen molar-refractivity contribution in [1.29, 1.82) is 0 Å². The van der Waals surface area contributed by atoms with Gasteiger partial charge in [0.25, 0.3) is 0 Å². The maximum Gasteiger partial charge on any atom is 0.158 e. The van der Waals surface area contributed by atoms with E-state index in [2.05, 4.69) is 0 Å². The zero-order valence-electron chi connectivity index (χ0n) is 13.9. The molecule has 0 aliphatic carbocycles. The Balaban J connectivity index is 2.26. The normalized spacial score (nSPS) is 11.8. The zero-order valence-corrected chi connectivity index (χ0v) is 14.7. The molecule has 2 aromatic carbocycles. The Hall–Kier alpha value is -1.41. The van der Waals surface area contributed by atoms with Gasteiger partial charge in [-0.3, -0.25) is 0 Å². The molecule has 124 valence electrons. The fourth-order valence-electron chi connectivity index (χ4n) is 2.62. The molecule has 0 bridgehead atoms. The van der Waals surface area contributed by atoms with E-state index in [0.29, 0.717) is 25.8 Å². The second-order valence-electron chi connectivity index (χ2n) is 5.26. The van der Waals surface area contributed by atoms with Crippen LogP contribution in [0.25, 0.3) is 0 Å². The van der Waals surface area contributed by atoms with Crippen molar-refractivity contribution >= 4 is 17.8 Å². The Morgan fingerprint density at radius 3 is 1.65 bits per heavy atom. The fourth-order valence-corrected chi connectivity index (χ4v) is 5.32. The van der Waals surface area contributed by atoms with Crippen molar-refractivity contribution in [1.82, 2.24) is 0 Å². The molecule has 4 heteroatoms. The third-order valence-electron chi connectivity index (χ3n) is 3.73.